The van der Waals surface area contributed by atoms with Crippen LogP contribution in [0.25, 0.3) is 0 Å². The summed E-state index contributed by atoms with van der Waals surface area (Å²) in [6.07, 6.45) is 1.07. The van der Waals surface area contributed by atoms with Crippen LogP contribution >= 0.6 is 0 Å². The zero-order chi connectivity index (χ0) is 15.1. The minimum atomic E-state index is 0.243. The summed E-state index contributed by atoms with van der Waals surface area (Å²) < 4.78 is 5.28. The van der Waals surface area contributed by atoms with Crippen molar-refractivity contribution in [2.24, 2.45) is 5.92 Å². The predicted molar refractivity (Wildman–Crippen MR) is 84.4 cm³/mol. The molecule has 5 heteroatoms. The summed E-state index contributed by atoms with van der Waals surface area (Å²) in [4.78, 5) is 9.00. The number of aryl methyl sites for hydroxylation is 1. The maximum Gasteiger partial charge on any atom is 0.135 e. The van der Waals surface area contributed by atoms with Gasteiger partial charge in [-0.1, -0.05) is 20.8 Å². The summed E-state index contributed by atoms with van der Waals surface area (Å²) in [6, 6.07) is 0.243. The van der Waals surface area contributed by atoms with Gasteiger partial charge >= 0.3 is 0 Å². The third kappa shape index (κ3) is 4.63. The Morgan fingerprint density at radius 2 is 1.80 bits per heavy atom. The first-order valence-corrected chi connectivity index (χ1v) is 7.34. The van der Waals surface area contributed by atoms with Gasteiger partial charge in [-0.25, -0.2) is 9.97 Å². The quantitative estimate of drug-likeness (QED) is 0.766. The highest BCUT2D eigenvalue weighted by molar-refractivity contribution is 5.57. The maximum absolute atomic E-state index is 5.28. The molecule has 0 radical (unpaired) electrons. The molecular formula is C15H28N4O. The molecular weight excluding hydrogens is 252 g/mol. The molecule has 0 fully saturated rings. The SMILES string of the molecule is CCCNc1nc(C)nc(NC(COC)C(C)C)c1C. The fraction of sp³-hybridized carbons (Fsp3) is 0.733. The molecule has 0 amide bonds. The van der Waals surface area contributed by atoms with Gasteiger partial charge in [0.2, 0.25) is 0 Å². The van der Waals surface area contributed by atoms with Crippen LogP contribution in [0.15, 0.2) is 0 Å². The number of hydrogen-bond donors (Lipinski definition) is 2. The lowest BCUT2D eigenvalue weighted by Gasteiger charge is -2.24. The number of hydrogen-bond acceptors (Lipinski definition) is 5. The molecule has 0 spiro atoms. The van der Waals surface area contributed by atoms with Crippen molar-refractivity contribution in [1.82, 2.24) is 9.97 Å². The van der Waals surface area contributed by atoms with Crippen molar-refractivity contribution in [1.29, 1.82) is 0 Å². The second kappa shape index (κ2) is 8.04. The van der Waals surface area contributed by atoms with Crippen molar-refractivity contribution in [3.8, 4) is 0 Å². The Hall–Kier alpha value is -1.36. The second-order valence-corrected chi connectivity index (χ2v) is 5.47. The number of rotatable bonds is 8. The predicted octanol–water partition coefficient (Wildman–Crippen LogP) is 3.00. The number of nitrogens with zero attached hydrogens (tertiary/aromatic N) is 2. The van der Waals surface area contributed by atoms with E-state index in [2.05, 4.69) is 41.4 Å². The number of anilines is 2. The monoisotopic (exact) mass is 280 g/mol. The van der Waals surface area contributed by atoms with Crippen LogP contribution in [0.1, 0.15) is 38.6 Å². The van der Waals surface area contributed by atoms with E-state index in [9.17, 15) is 0 Å². The van der Waals surface area contributed by atoms with Crippen molar-refractivity contribution < 1.29 is 4.74 Å². The molecule has 0 bridgehead atoms. The van der Waals surface area contributed by atoms with E-state index in [4.69, 9.17) is 4.74 Å². The van der Waals surface area contributed by atoms with Crippen molar-refractivity contribution in [3.05, 3.63) is 11.4 Å². The molecule has 2 N–H and O–H groups in total. The first-order valence-electron chi connectivity index (χ1n) is 7.34. The largest absolute Gasteiger partial charge is 0.383 e. The Bertz CT molecular complexity index is 421. The van der Waals surface area contributed by atoms with Gasteiger partial charge in [-0.15, -0.1) is 0 Å². The van der Waals surface area contributed by atoms with Gasteiger partial charge in [0.25, 0.3) is 0 Å². The van der Waals surface area contributed by atoms with Crippen molar-refractivity contribution in [2.45, 2.75) is 47.1 Å². The Morgan fingerprint density at radius 3 is 2.35 bits per heavy atom. The Kier molecular flexibility index (Phi) is 6.71. The lowest BCUT2D eigenvalue weighted by Crippen LogP contribution is -2.31. The zero-order valence-corrected chi connectivity index (χ0v) is 13.6. The first-order chi connectivity index (χ1) is 9.49. The molecule has 0 aliphatic carbocycles. The highest BCUT2D eigenvalue weighted by Gasteiger charge is 2.16. The van der Waals surface area contributed by atoms with E-state index in [1.165, 1.54) is 0 Å². The molecule has 1 unspecified atom stereocenters. The average Bonchev–Trinajstić information content (AvgIpc) is 2.40. The molecule has 0 aromatic carbocycles. The molecule has 5 nitrogen and oxygen atoms in total. The van der Waals surface area contributed by atoms with Gasteiger partial charge in [0.1, 0.15) is 17.5 Å². The fourth-order valence-corrected chi connectivity index (χ4v) is 1.94. The van der Waals surface area contributed by atoms with Crippen molar-refractivity contribution in [2.75, 3.05) is 30.9 Å². The molecule has 1 aromatic heterocycles. The van der Waals surface area contributed by atoms with Gasteiger partial charge in [0.15, 0.2) is 0 Å². The standard InChI is InChI=1S/C15H28N4O/c1-7-8-16-14-11(4)15(18-12(5)17-14)19-13(9-20-6)10(2)3/h10,13H,7-9H2,1-6H3,(H2,16,17,18,19). The van der Waals surface area contributed by atoms with Gasteiger partial charge in [0.05, 0.1) is 12.6 Å². The summed E-state index contributed by atoms with van der Waals surface area (Å²) in [5, 5.41) is 6.85. The van der Waals surface area contributed by atoms with E-state index >= 15 is 0 Å². The van der Waals surface area contributed by atoms with Crippen LogP contribution in [0.4, 0.5) is 11.6 Å². The molecule has 1 heterocycles. The van der Waals surface area contributed by atoms with Crippen LogP contribution in [-0.2, 0) is 4.74 Å². The van der Waals surface area contributed by atoms with E-state index in [0.717, 1.165) is 36.0 Å². The highest BCUT2D eigenvalue weighted by Crippen LogP contribution is 2.22. The minimum Gasteiger partial charge on any atom is -0.383 e. The number of aromatic nitrogens is 2. The molecule has 0 saturated heterocycles. The number of nitrogens with one attached hydrogen (secondary N) is 2. The minimum absolute atomic E-state index is 0.243. The third-order valence-corrected chi connectivity index (χ3v) is 3.27. The maximum atomic E-state index is 5.28. The third-order valence-electron chi connectivity index (χ3n) is 3.27. The Morgan fingerprint density at radius 1 is 1.15 bits per heavy atom. The smallest absolute Gasteiger partial charge is 0.135 e. The number of methoxy groups -OCH3 is 1. The van der Waals surface area contributed by atoms with E-state index in [1.807, 2.05) is 13.8 Å². The van der Waals surface area contributed by atoms with Gasteiger partial charge in [-0.05, 0) is 26.2 Å². The van der Waals surface area contributed by atoms with Crippen LogP contribution in [0.2, 0.25) is 0 Å². The Labute approximate surface area is 122 Å². The molecule has 0 aliphatic heterocycles. The lowest BCUT2D eigenvalue weighted by atomic mass is 10.1. The van der Waals surface area contributed by atoms with Gasteiger partial charge in [-0.3, -0.25) is 0 Å². The van der Waals surface area contributed by atoms with Gasteiger partial charge in [0, 0.05) is 19.2 Å². The summed E-state index contributed by atoms with van der Waals surface area (Å²) in [7, 11) is 1.73. The van der Waals surface area contributed by atoms with E-state index < -0.39 is 0 Å². The van der Waals surface area contributed by atoms with E-state index in [1.54, 1.807) is 7.11 Å². The average molecular weight is 280 g/mol. The van der Waals surface area contributed by atoms with E-state index in [0.29, 0.717) is 12.5 Å². The molecule has 1 rings (SSSR count). The molecule has 0 aliphatic rings. The summed E-state index contributed by atoms with van der Waals surface area (Å²) in [6.45, 7) is 12.0. The molecule has 1 aromatic rings. The van der Waals surface area contributed by atoms with Crippen LogP contribution < -0.4 is 10.6 Å². The topological polar surface area (TPSA) is 59.1 Å². The molecule has 1 atom stereocenters. The fourth-order valence-electron chi connectivity index (χ4n) is 1.94. The molecule has 20 heavy (non-hydrogen) atoms. The zero-order valence-electron chi connectivity index (χ0n) is 13.6. The van der Waals surface area contributed by atoms with Crippen LogP contribution in [0.5, 0.6) is 0 Å². The van der Waals surface area contributed by atoms with Crippen LogP contribution in [0.3, 0.4) is 0 Å². The first kappa shape index (κ1) is 16.7. The highest BCUT2D eigenvalue weighted by atomic mass is 16.5. The second-order valence-electron chi connectivity index (χ2n) is 5.47. The summed E-state index contributed by atoms with van der Waals surface area (Å²) in [5.41, 5.74) is 1.06. The van der Waals surface area contributed by atoms with E-state index in [-0.39, 0.29) is 6.04 Å². The number of ether oxygens (including phenoxy) is 1. The molecule has 114 valence electrons. The van der Waals surface area contributed by atoms with Crippen LogP contribution in [-0.4, -0.2) is 36.3 Å². The normalized spacial score (nSPS) is 12.6. The summed E-state index contributed by atoms with van der Waals surface area (Å²) in [5.74, 6) is 3.06. The lowest BCUT2D eigenvalue weighted by molar-refractivity contribution is 0.171. The molecule has 0 saturated carbocycles. The van der Waals surface area contributed by atoms with Gasteiger partial charge < -0.3 is 15.4 Å². The van der Waals surface area contributed by atoms with Crippen molar-refractivity contribution >= 4 is 11.6 Å². The Balaban J connectivity index is 2.95. The van der Waals surface area contributed by atoms with Crippen LogP contribution in [0, 0.1) is 19.8 Å². The van der Waals surface area contributed by atoms with Crippen molar-refractivity contribution in [3.63, 3.8) is 0 Å². The van der Waals surface area contributed by atoms with Gasteiger partial charge in [-0.2, -0.15) is 0 Å². The summed E-state index contributed by atoms with van der Waals surface area (Å²) >= 11 is 0.